The first-order chi connectivity index (χ1) is 17.4. The highest BCUT2D eigenvalue weighted by Crippen LogP contribution is 2.37. The molecule has 0 atom stereocenters. The molecule has 0 aliphatic carbocycles. The second kappa shape index (κ2) is 10.1. The van der Waals surface area contributed by atoms with Crippen LogP contribution in [0.3, 0.4) is 0 Å². The molecule has 1 aliphatic heterocycles. The van der Waals surface area contributed by atoms with Crippen molar-refractivity contribution < 1.29 is 9.59 Å². The van der Waals surface area contributed by atoms with Gasteiger partial charge in [-0.15, -0.1) is 0 Å². The maximum atomic E-state index is 13.6. The molecule has 2 amide bonds. The van der Waals surface area contributed by atoms with Crippen LogP contribution in [0.25, 0.3) is 17.3 Å². The summed E-state index contributed by atoms with van der Waals surface area (Å²) in [5, 5.41) is 8.72. The quantitative estimate of drug-likeness (QED) is 0.203. The van der Waals surface area contributed by atoms with E-state index >= 15 is 0 Å². The second-order valence-corrected chi connectivity index (χ2v) is 9.79. The number of nitrogens with zero attached hydrogens (tertiary/aromatic N) is 3. The summed E-state index contributed by atoms with van der Waals surface area (Å²) < 4.78 is 1.76. The number of anilines is 1. The van der Waals surface area contributed by atoms with Crippen molar-refractivity contribution >= 4 is 64.3 Å². The lowest BCUT2D eigenvalue weighted by Crippen LogP contribution is -2.54. The third-order valence-electron chi connectivity index (χ3n) is 5.51. The topological polar surface area (TPSA) is 67.2 Å². The van der Waals surface area contributed by atoms with E-state index in [0.717, 1.165) is 15.5 Å². The highest BCUT2D eigenvalue weighted by atomic mass is 35.5. The van der Waals surface area contributed by atoms with Crippen LogP contribution in [0, 0.1) is 0 Å². The molecule has 0 saturated carbocycles. The van der Waals surface area contributed by atoms with Crippen molar-refractivity contribution in [1.82, 2.24) is 15.1 Å². The van der Waals surface area contributed by atoms with Crippen molar-refractivity contribution in [3.8, 4) is 11.3 Å². The van der Waals surface area contributed by atoms with Gasteiger partial charge in [0.15, 0.2) is 5.11 Å². The lowest BCUT2D eigenvalue weighted by molar-refractivity contribution is -0.122. The number of rotatable bonds is 5. The van der Waals surface area contributed by atoms with Crippen LogP contribution < -0.4 is 10.2 Å². The minimum atomic E-state index is -0.561. The molecule has 2 heterocycles. The summed E-state index contributed by atoms with van der Waals surface area (Å²) >= 11 is 12.8. The summed E-state index contributed by atoms with van der Waals surface area (Å²) in [6, 6.07) is 26.2. The Labute approximate surface area is 222 Å². The van der Waals surface area contributed by atoms with Crippen molar-refractivity contribution in [3.05, 3.63) is 101 Å². The molecule has 1 saturated heterocycles. The maximum Gasteiger partial charge on any atom is 0.270 e. The van der Waals surface area contributed by atoms with E-state index in [0.29, 0.717) is 22.0 Å². The number of amides is 2. The molecule has 6 nitrogen and oxygen atoms in total. The van der Waals surface area contributed by atoms with Crippen LogP contribution in [-0.2, 0) is 16.6 Å². The molecule has 1 N–H and O–H groups in total. The minimum Gasteiger partial charge on any atom is -0.298 e. The van der Waals surface area contributed by atoms with E-state index in [1.807, 2.05) is 67.7 Å². The zero-order chi connectivity index (χ0) is 25.2. The van der Waals surface area contributed by atoms with Crippen molar-refractivity contribution in [2.75, 3.05) is 4.90 Å². The Morgan fingerprint density at radius 3 is 2.25 bits per heavy atom. The largest absolute Gasteiger partial charge is 0.298 e. The van der Waals surface area contributed by atoms with Crippen molar-refractivity contribution in [1.29, 1.82) is 0 Å². The standard InChI is InChI=1S/C27H19ClN4O2S2/c1-31-26(36-20-10-6-3-7-11-20)21(23(30-31)17-8-4-2-5-9-17)16-22-24(33)29-27(35)32(25(22)34)19-14-12-18(28)13-15-19/h2-16H,1H3,(H,29,33,35)/b22-16+. The summed E-state index contributed by atoms with van der Waals surface area (Å²) in [6.45, 7) is 0. The van der Waals surface area contributed by atoms with Gasteiger partial charge in [-0.05, 0) is 54.7 Å². The number of aromatic nitrogens is 2. The zero-order valence-corrected chi connectivity index (χ0v) is 21.4. The van der Waals surface area contributed by atoms with Gasteiger partial charge < -0.3 is 0 Å². The van der Waals surface area contributed by atoms with Crippen molar-refractivity contribution in [3.63, 3.8) is 0 Å². The fourth-order valence-corrected chi connectivity index (χ4v) is 5.17. The molecule has 5 rings (SSSR count). The smallest absolute Gasteiger partial charge is 0.270 e. The lowest BCUT2D eigenvalue weighted by Gasteiger charge is -2.29. The van der Waals surface area contributed by atoms with Gasteiger partial charge in [0.1, 0.15) is 16.3 Å². The number of halogens is 1. The molecule has 0 radical (unpaired) electrons. The first-order valence-corrected chi connectivity index (χ1v) is 12.5. The summed E-state index contributed by atoms with van der Waals surface area (Å²) in [6.07, 6.45) is 1.60. The average molecular weight is 531 g/mol. The Balaban J connectivity index is 1.65. The number of carbonyl (C=O) groups excluding carboxylic acids is 2. The molecule has 1 aliphatic rings. The molecule has 1 aromatic heterocycles. The van der Waals surface area contributed by atoms with E-state index in [1.54, 1.807) is 35.0 Å². The summed E-state index contributed by atoms with van der Waals surface area (Å²) in [7, 11) is 1.84. The normalized spacial score (nSPS) is 14.9. The third kappa shape index (κ3) is 4.70. The predicted octanol–water partition coefficient (Wildman–Crippen LogP) is 5.72. The number of aryl methyl sites for hydroxylation is 1. The van der Waals surface area contributed by atoms with Gasteiger partial charge in [-0.3, -0.25) is 24.5 Å². The summed E-state index contributed by atoms with van der Waals surface area (Å²) in [4.78, 5) is 28.9. The van der Waals surface area contributed by atoms with Gasteiger partial charge in [0.2, 0.25) is 0 Å². The Kier molecular flexibility index (Phi) is 6.73. The second-order valence-electron chi connectivity index (χ2n) is 7.91. The first-order valence-electron chi connectivity index (χ1n) is 10.9. The monoisotopic (exact) mass is 530 g/mol. The van der Waals surface area contributed by atoms with Crippen LogP contribution >= 0.6 is 35.6 Å². The molecule has 1 fully saturated rings. The summed E-state index contributed by atoms with van der Waals surface area (Å²) in [5.74, 6) is -1.08. The molecular formula is C27H19ClN4O2S2. The number of nitrogens with one attached hydrogen (secondary N) is 1. The van der Waals surface area contributed by atoms with E-state index in [9.17, 15) is 9.59 Å². The maximum absolute atomic E-state index is 13.6. The van der Waals surface area contributed by atoms with E-state index < -0.39 is 11.8 Å². The average Bonchev–Trinajstić information content (AvgIpc) is 3.18. The van der Waals surface area contributed by atoms with Crippen LogP contribution in [-0.4, -0.2) is 26.7 Å². The highest BCUT2D eigenvalue weighted by molar-refractivity contribution is 7.99. The number of thiocarbonyl (C=S) groups is 1. The molecule has 3 aromatic carbocycles. The highest BCUT2D eigenvalue weighted by Gasteiger charge is 2.35. The van der Waals surface area contributed by atoms with E-state index in [1.165, 1.54) is 16.7 Å². The third-order valence-corrected chi connectivity index (χ3v) is 7.23. The molecule has 4 aromatic rings. The molecule has 0 unspecified atom stereocenters. The van der Waals surface area contributed by atoms with Gasteiger partial charge in [-0.1, -0.05) is 71.9 Å². The first kappa shape index (κ1) is 24.0. The predicted molar refractivity (Wildman–Crippen MR) is 147 cm³/mol. The Morgan fingerprint density at radius 1 is 0.944 bits per heavy atom. The van der Waals surface area contributed by atoms with Crippen molar-refractivity contribution in [2.24, 2.45) is 7.05 Å². The Bertz CT molecular complexity index is 1500. The van der Waals surface area contributed by atoms with E-state index in [2.05, 4.69) is 5.32 Å². The molecule has 0 spiro atoms. The Hall–Kier alpha value is -3.72. The molecule has 36 heavy (non-hydrogen) atoms. The van der Waals surface area contributed by atoms with Gasteiger partial charge >= 0.3 is 0 Å². The molecule has 9 heteroatoms. The van der Waals surface area contributed by atoms with Gasteiger partial charge in [0, 0.05) is 28.1 Å². The fourth-order valence-electron chi connectivity index (χ4n) is 3.81. The van der Waals surface area contributed by atoms with Crippen LogP contribution in [0.15, 0.2) is 100 Å². The van der Waals surface area contributed by atoms with Crippen molar-refractivity contribution in [2.45, 2.75) is 9.92 Å². The fraction of sp³-hybridized carbons (Fsp3) is 0.0370. The van der Waals surface area contributed by atoms with Gasteiger partial charge in [-0.2, -0.15) is 5.10 Å². The Morgan fingerprint density at radius 2 is 1.58 bits per heavy atom. The van der Waals surface area contributed by atoms with Gasteiger partial charge in [0.05, 0.1) is 5.69 Å². The van der Waals surface area contributed by atoms with E-state index in [-0.39, 0.29) is 10.7 Å². The van der Waals surface area contributed by atoms with Crippen LogP contribution in [0.2, 0.25) is 5.02 Å². The molecule has 0 bridgehead atoms. The number of carbonyl (C=O) groups is 2. The number of hydrogen-bond donors (Lipinski definition) is 1. The zero-order valence-electron chi connectivity index (χ0n) is 19.0. The van der Waals surface area contributed by atoms with Crippen LogP contribution in [0.4, 0.5) is 5.69 Å². The number of benzene rings is 3. The summed E-state index contributed by atoms with van der Waals surface area (Å²) in [5.41, 5.74) is 2.66. The van der Waals surface area contributed by atoms with Crippen LogP contribution in [0.1, 0.15) is 5.56 Å². The molecule has 178 valence electrons. The SMILES string of the molecule is Cn1nc(-c2ccccc2)c(/C=C2\C(=O)NC(=S)N(c3ccc(Cl)cc3)C2=O)c1Sc1ccccc1. The van der Waals surface area contributed by atoms with Crippen LogP contribution in [0.5, 0.6) is 0 Å². The minimum absolute atomic E-state index is 0.0119. The van der Waals surface area contributed by atoms with E-state index in [4.69, 9.17) is 28.9 Å². The van der Waals surface area contributed by atoms with Gasteiger partial charge in [0.25, 0.3) is 11.8 Å². The molecular weight excluding hydrogens is 512 g/mol. The lowest BCUT2D eigenvalue weighted by atomic mass is 10.0. The van der Waals surface area contributed by atoms with Gasteiger partial charge in [-0.25, -0.2) is 0 Å². The number of hydrogen-bond acceptors (Lipinski definition) is 5.